The molecular formula is C19H19ClN2O2. The van der Waals surface area contributed by atoms with E-state index >= 15 is 0 Å². The zero-order valence-corrected chi connectivity index (χ0v) is 14.4. The molecule has 0 aliphatic heterocycles. The molecule has 3 aromatic rings. The van der Waals surface area contributed by atoms with Gasteiger partial charge in [0.1, 0.15) is 11.5 Å². The summed E-state index contributed by atoms with van der Waals surface area (Å²) in [5, 5.41) is 4.70. The number of rotatable bonds is 5. The van der Waals surface area contributed by atoms with E-state index < -0.39 is 0 Å². The van der Waals surface area contributed by atoms with E-state index in [1.54, 1.807) is 6.08 Å². The minimum atomic E-state index is -0.126. The Morgan fingerprint density at radius 3 is 2.92 bits per heavy atom. The van der Waals surface area contributed by atoms with E-state index in [-0.39, 0.29) is 5.91 Å². The first kappa shape index (κ1) is 16.4. The molecule has 0 aliphatic carbocycles. The zero-order chi connectivity index (χ0) is 17.1. The van der Waals surface area contributed by atoms with Crippen LogP contribution in [0.5, 0.6) is 0 Å². The average Bonchev–Trinajstić information content (AvgIpc) is 3.14. The Labute approximate surface area is 145 Å². The van der Waals surface area contributed by atoms with Gasteiger partial charge >= 0.3 is 0 Å². The third-order valence-corrected chi connectivity index (χ3v) is 4.13. The SMILES string of the molecule is CC(=CC(=O)NCCc1c[nH]c2ccc(Cl)cc12)c1ccc(C)o1. The summed E-state index contributed by atoms with van der Waals surface area (Å²) in [6, 6.07) is 9.50. The number of hydrogen-bond donors (Lipinski definition) is 2. The predicted octanol–water partition coefficient (Wildman–Crippen LogP) is 4.48. The number of H-pyrrole nitrogens is 1. The Balaban J connectivity index is 1.59. The average molecular weight is 343 g/mol. The molecule has 3 rings (SSSR count). The van der Waals surface area contributed by atoms with Crippen molar-refractivity contribution in [1.82, 2.24) is 10.3 Å². The van der Waals surface area contributed by atoms with Crippen molar-refractivity contribution in [3.63, 3.8) is 0 Å². The molecule has 0 fully saturated rings. The van der Waals surface area contributed by atoms with Gasteiger partial charge in [-0.15, -0.1) is 0 Å². The van der Waals surface area contributed by atoms with E-state index in [1.165, 1.54) is 0 Å². The first-order valence-electron chi connectivity index (χ1n) is 7.81. The molecular weight excluding hydrogens is 324 g/mol. The minimum absolute atomic E-state index is 0.126. The Morgan fingerprint density at radius 1 is 1.33 bits per heavy atom. The van der Waals surface area contributed by atoms with Crippen molar-refractivity contribution in [3.05, 3.63) is 64.7 Å². The first-order valence-corrected chi connectivity index (χ1v) is 8.19. The van der Waals surface area contributed by atoms with Crippen molar-refractivity contribution in [2.75, 3.05) is 6.54 Å². The van der Waals surface area contributed by atoms with Gasteiger partial charge in [-0.1, -0.05) is 11.6 Å². The summed E-state index contributed by atoms with van der Waals surface area (Å²) in [6.07, 6.45) is 4.25. The Hall–Kier alpha value is -2.46. The van der Waals surface area contributed by atoms with Crippen molar-refractivity contribution in [3.8, 4) is 0 Å². The molecule has 0 unspecified atom stereocenters. The Morgan fingerprint density at radius 2 is 2.17 bits per heavy atom. The van der Waals surface area contributed by atoms with Gasteiger partial charge in [-0.2, -0.15) is 0 Å². The normalized spacial score (nSPS) is 11.9. The number of amides is 1. The maximum Gasteiger partial charge on any atom is 0.244 e. The van der Waals surface area contributed by atoms with Crippen LogP contribution in [0.2, 0.25) is 5.02 Å². The fourth-order valence-corrected chi connectivity index (χ4v) is 2.82. The molecule has 0 atom stereocenters. The number of carbonyl (C=O) groups is 1. The van der Waals surface area contributed by atoms with Crippen LogP contribution in [0.15, 0.2) is 47.0 Å². The van der Waals surface area contributed by atoms with Crippen LogP contribution in [0.1, 0.15) is 24.0 Å². The lowest BCUT2D eigenvalue weighted by molar-refractivity contribution is -0.116. The van der Waals surface area contributed by atoms with E-state index in [4.69, 9.17) is 16.0 Å². The van der Waals surface area contributed by atoms with E-state index in [0.29, 0.717) is 17.3 Å². The quantitative estimate of drug-likeness (QED) is 0.671. The third kappa shape index (κ3) is 3.71. The second-order valence-electron chi connectivity index (χ2n) is 5.78. The number of carbonyl (C=O) groups excluding carboxylic acids is 1. The van der Waals surface area contributed by atoms with Gasteiger partial charge in [0.05, 0.1) is 0 Å². The van der Waals surface area contributed by atoms with Crippen LogP contribution in [0.3, 0.4) is 0 Å². The minimum Gasteiger partial charge on any atom is -0.462 e. The number of aromatic nitrogens is 1. The molecule has 0 saturated carbocycles. The van der Waals surface area contributed by atoms with E-state index in [9.17, 15) is 4.79 Å². The fraction of sp³-hybridized carbons (Fsp3) is 0.211. The van der Waals surface area contributed by atoms with Gasteiger partial charge in [-0.3, -0.25) is 4.79 Å². The van der Waals surface area contributed by atoms with E-state index in [0.717, 1.165) is 34.2 Å². The predicted molar refractivity (Wildman–Crippen MR) is 97.1 cm³/mol. The molecule has 0 bridgehead atoms. The van der Waals surface area contributed by atoms with Crippen molar-refractivity contribution >= 4 is 34.0 Å². The van der Waals surface area contributed by atoms with Crippen LogP contribution in [0.4, 0.5) is 0 Å². The van der Waals surface area contributed by atoms with Crippen LogP contribution >= 0.6 is 11.6 Å². The topological polar surface area (TPSA) is 58.0 Å². The van der Waals surface area contributed by atoms with Crippen molar-refractivity contribution in [2.45, 2.75) is 20.3 Å². The number of fused-ring (bicyclic) bond motifs is 1. The summed E-state index contributed by atoms with van der Waals surface area (Å²) < 4.78 is 5.50. The van der Waals surface area contributed by atoms with Crippen molar-refractivity contribution < 1.29 is 9.21 Å². The second kappa shape index (κ2) is 6.97. The Kier molecular flexibility index (Phi) is 4.76. The van der Waals surface area contributed by atoms with Gasteiger partial charge in [0.15, 0.2) is 0 Å². The Bertz CT molecular complexity index is 905. The number of furan rings is 1. The summed E-state index contributed by atoms with van der Waals surface area (Å²) >= 11 is 6.05. The smallest absolute Gasteiger partial charge is 0.244 e. The molecule has 5 heteroatoms. The van der Waals surface area contributed by atoms with Gasteiger partial charge in [0, 0.05) is 34.7 Å². The fourth-order valence-electron chi connectivity index (χ4n) is 2.64. The zero-order valence-electron chi connectivity index (χ0n) is 13.7. The van der Waals surface area contributed by atoms with Gasteiger partial charge in [-0.05, 0) is 61.7 Å². The molecule has 124 valence electrons. The molecule has 1 amide bonds. The highest BCUT2D eigenvalue weighted by Gasteiger charge is 2.06. The molecule has 0 radical (unpaired) electrons. The number of aromatic amines is 1. The molecule has 4 nitrogen and oxygen atoms in total. The second-order valence-corrected chi connectivity index (χ2v) is 6.22. The monoisotopic (exact) mass is 342 g/mol. The number of allylic oxidation sites excluding steroid dienone is 1. The number of benzene rings is 1. The lowest BCUT2D eigenvalue weighted by Crippen LogP contribution is -2.23. The van der Waals surface area contributed by atoms with Crippen LogP contribution in [0, 0.1) is 6.92 Å². The van der Waals surface area contributed by atoms with Gasteiger partial charge in [-0.25, -0.2) is 0 Å². The molecule has 0 saturated heterocycles. The molecule has 2 aromatic heterocycles. The lowest BCUT2D eigenvalue weighted by Gasteiger charge is -2.03. The number of nitrogens with one attached hydrogen (secondary N) is 2. The number of halogens is 1. The summed E-state index contributed by atoms with van der Waals surface area (Å²) in [7, 11) is 0. The number of hydrogen-bond acceptors (Lipinski definition) is 2. The van der Waals surface area contributed by atoms with Crippen LogP contribution in [-0.4, -0.2) is 17.4 Å². The van der Waals surface area contributed by atoms with Gasteiger partial charge in [0.25, 0.3) is 0 Å². The van der Waals surface area contributed by atoms with E-state index in [1.807, 2.05) is 50.4 Å². The highest BCUT2D eigenvalue weighted by atomic mass is 35.5. The lowest BCUT2D eigenvalue weighted by atomic mass is 10.1. The van der Waals surface area contributed by atoms with Crippen molar-refractivity contribution in [2.24, 2.45) is 0 Å². The first-order chi connectivity index (χ1) is 11.5. The maximum absolute atomic E-state index is 12.0. The standard InChI is InChI=1S/C19H19ClN2O2/c1-12(18-6-3-13(2)24-18)9-19(23)21-8-7-14-11-22-17-5-4-15(20)10-16(14)17/h3-6,9-11,22H,7-8H2,1-2H3,(H,21,23). The molecule has 24 heavy (non-hydrogen) atoms. The molecule has 2 N–H and O–H groups in total. The number of aryl methyl sites for hydroxylation is 1. The van der Waals surface area contributed by atoms with Crippen molar-refractivity contribution in [1.29, 1.82) is 0 Å². The van der Waals surface area contributed by atoms with Crippen LogP contribution < -0.4 is 5.32 Å². The highest BCUT2D eigenvalue weighted by molar-refractivity contribution is 6.31. The summed E-state index contributed by atoms with van der Waals surface area (Å²) in [4.78, 5) is 15.2. The largest absolute Gasteiger partial charge is 0.462 e. The molecule has 2 heterocycles. The third-order valence-electron chi connectivity index (χ3n) is 3.90. The summed E-state index contributed by atoms with van der Waals surface area (Å²) in [5.74, 6) is 1.42. The van der Waals surface area contributed by atoms with Gasteiger partial charge < -0.3 is 14.7 Å². The van der Waals surface area contributed by atoms with E-state index in [2.05, 4.69) is 10.3 Å². The summed E-state index contributed by atoms with van der Waals surface area (Å²) in [6.45, 7) is 4.29. The van der Waals surface area contributed by atoms with Gasteiger partial charge in [0.2, 0.25) is 5.91 Å². The highest BCUT2D eigenvalue weighted by Crippen LogP contribution is 2.22. The maximum atomic E-state index is 12.0. The molecule has 1 aromatic carbocycles. The molecule has 0 spiro atoms. The van der Waals surface area contributed by atoms with Crippen LogP contribution in [0.25, 0.3) is 16.5 Å². The summed E-state index contributed by atoms with van der Waals surface area (Å²) in [5.41, 5.74) is 2.99. The van der Waals surface area contributed by atoms with Crippen LogP contribution in [-0.2, 0) is 11.2 Å². The molecule has 0 aliphatic rings.